The van der Waals surface area contributed by atoms with Gasteiger partial charge in [0.2, 0.25) is 5.91 Å². The van der Waals surface area contributed by atoms with Crippen LogP contribution in [0.25, 0.3) is 0 Å². The highest BCUT2D eigenvalue weighted by atomic mass is 35.5. The summed E-state index contributed by atoms with van der Waals surface area (Å²) in [5.74, 6) is -0.440. The number of halogens is 2. The number of carbonyl (C=O) groups is 2. The smallest absolute Gasteiger partial charge is 0.261 e. The van der Waals surface area contributed by atoms with Crippen molar-refractivity contribution < 1.29 is 18.7 Å². The Labute approximate surface area is 182 Å². The molecule has 2 aromatic rings. The highest BCUT2D eigenvalue weighted by Gasteiger charge is 2.27. The van der Waals surface area contributed by atoms with Gasteiger partial charge in [-0.2, -0.15) is 0 Å². The Morgan fingerprint density at radius 2 is 1.83 bits per heavy atom. The van der Waals surface area contributed by atoms with E-state index in [1.54, 1.807) is 37.3 Å². The Bertz CT molecular complexity index is 873. The number of amides is 2. The first-order valence-corrected chi connectivity index (χ1v) is 10.3. The van der Waals surface area contributed by atoms with Crippen LogP contribution >= 0.6 is 11.6 Å². The van der Waals surface area contributed by atoms with E-state index in [4.69, 9.17) is 16.3 Å². The lowest BCUT2D eigenvalue weighted by molar-refractivity contribution is -0.142. The van der Waals surface area contributed by atoms with Crippen LogP contribution in [0.4, 0.5) is 4.39 Å². The van der Waals surface area contributed by atoms with Crippen LogP contribution in [0, 0.1) is 12.7 Å². The molecular formula is C23H28ClFN2O3. The standard InChI is InChI=1S/C23H28ClFN2O3/c1-5-16(3)26-23(29)17(4)27(13-18-6-8-19(25)9-7-18)22(28)14-30-20-10-11-21(24)15(2)12-20/h6-12,16-17H,5,13-14H2,1-4H3,(H,26,29)/t16-,17-/m1/s1. The molecule has 1 N–H and O–H groups in total. The molecule has 0 heterocycles. The van der Waals surface area contributed by atoms with E-state index in [9.17, 15) is 14.0 Å². The Hall–Kier alpha value is -2.60. The molecule has 0 fully saturated rings. The number of ether oxygens (including phenoxy) is 1. The number of rotatable bonds is 9. The maximum Gasteiger partial charge on any atom is 0.261 e. The highest BCUT2D eigenvalue weighted by molar-refractivity contribution is 6.31. The Kier molecular flexibility index (Phi) is 8.66. The maximum absolute atomic E-state index is 13.2. The molecule has 0 saturated carbocycles. The topological polar surface area (TPSA) is 58.6 Å². The summed E-state index contributed by atoms with van der Waals surface area (Å²) in [6.07, 6.45) is 0.781. The second-order valence-corrected chi connectivity index (χ2v) is 7.75. The third kappa shape index (κ3) is 6.73. The summed E-state index contributed by atoms with van der Waals surface area (Å²) < 4.78 is 18.9. The minimum atomic E-state index is -0.716. The molecular weight excluding hydrogens is 407 g/mol. The zero-order valence-corrected chi connectivity index (χ0v) is 18.5. The summed E-state index contributed by atoms with van der Waals surface area (Å²) in [6, 6.07) is 10.3. The van der Waals surface area contributed by atoms with Crippen LogP contribution in [-0.4, -0.2) is 35.4 Å². The van der Waals surface area contributed by atoms with Crippen molar-refractivity contribution >= 4 is 23.4 Å². The number of nitrogens with zero attached hydrogens (tertiary/aromatic N) is 1. The van der Waals surface area contributed by atoms with Gasteiger partial charge in [0, 0.05) is 17.6 Å². The fourth-order valence-corrected chi connectivity index (χ4v) is 2.89. The number of aryl methyl sites for hydroxylation is 1. The molecule has 5 nitrogen and oxygen atoms in total. The van der Waals surface area contributed by atoms with Crippen molar-refractivity contribution in [2.75, 3.05) is 6.61 Å². The number of nitrogens with one attached hydrogen (secondary N) is 1. The predicted octanol–water partition coefficient (Wildman–Crippen LogP) is 4.50. The molecule has 0 aliphatic rings. The van der Waals surface area contributed by atoms with Crippen molar-refractivity contribution in [3.8, 4) is 5.75 Å². The van der Waals surface area contributed by atoms with Gasteiger partial charge >= 0.3 is 0 Å². The molecule has 2 rings (SSSR count). The Morgan fingerprint density at radius 3 is 2.43 bits per heavy atom. The molecule has 0 saturated heterocycles. The van der Waals surface area contributed by atoms with Crippen molar-refractivity contribution in [3.63, 3.8) is 0 Å². The van der Waals surface area contributed by atoms with Crippen molar-refractivity contribution in [2.45, 2.75) is 52.7 Å². The monoisotopic (exact) mass is 434 g/mol. The van der Waals surface area contributed by atoms with E-state index in [1.807, 2.05) is 20.8 Å². The quantitative estimate of drug-likeness (QED) is 0.632. The molecule has 0 aliphatic heterocycles. The van der Waals surface area contributed by atoms with Crippen LogP contribution in [0.2, 0.25) is 5.02 Å². The van der Waals surface area contributed by atoms with Gasteiger partial charge in [0.05, 0.1) is 0 Å². The maximum atomic E-state index is 13.2. The lowest BCUT2D eigenvalue weighted by Crippen LogP contribution is -2.50. The lowest BCUT2D eigenvalue weighted by Gasteiger charge is -2.29. The van der Waals surface area contributed by atoms with Gasteiger partial charge in [0.25, 0.3) is 5.91 Å². The summed E-state index contributed by atoms with van der Waals surface area (Å²) in [5, 5.41) is 3.51. The van der Waals surface area contributed by atoms with Crippen LogP contribution < -0.4 is 10.1 Å². The first-order valence-electron chi connectivity index (χ1n) is 9.94. The Morgan fingerprint density at radius 1 is 1.17 bits per heavy atom. The largest absolute Gasteiger partial charge is 0.484 e. The van der Waals surface area contributed by atoms with E-state index in [0.717, 1.165) is 17.5 Å². The number of benzene rings is 2. The SMILES string of the molecule is CC[C@@H](C)NC(=O)[C@@H](C)N(Cc1ccc(F)cc1)C(=O)COc1ccc(Cl)c(C)c1. The third-order valence-corrected chi connectivity index (χ3v) is 5.35. The van der Waals surface area contributed by atoms with Crippen LogP contribution in [0.1, 0.15) is 38.3 Å². The van der Waals surface area contributed by atoms with E-state index in [1.165, 1.54) is 17.0 Å². The molecule has 2 atom stereocenters. The van der Waals surface area contributed by atoms with Crippen molar-refractivity contribution in [1.29, 1.82) is 0 Å². The van der Waals surface area contributed by atoms with Crippen LogP contribution in [0.5, 0.6) is 5.75 Å². The minimum Gasteiger partial charge on any atom is -0.484 e. The van der Waals surface area contributed by atoms with Gasteiger partial charge in [-0.05, 0) is 68.7 Å². The van der Waals surface area contributed by atoms with Gasteiger partial charge in [0.15, 0.2) is 6.61 Å². The Balaban J connectivity index is 2.15. The summed E-state index contributed by atoms with van der Waals surface area (Å²) in [6.45, 7) is 7.33. The zero-order valence-electron chi connectivity index (χ0n) is 17.7. The minimum absolute atomic E-state index is 0.00369. The molecule has 30 heavy (non-hydrogen) atoms. The first-order chi connectivity index (χ1) is 14.2. The fraction of sp³-hybridized carbons (Fsp3) is 0.391. The van der Waals surface area contributed by atoms with Gasteiger partial charge in [0.1, 0.15) is 17.6 Å². The zero-order chi connectivity index (χ0) is 22.3. The molecule has 2 aromatic carbocycles. The number of carbonyl (C=O) groups excluding carboxylic acids is 2. The van der Waals surface area contributed by atoms with Gasteiger partial charge in [-0.15, -0.1) is 0 Å². The highest BCUT2D eigenvalue weighted by Crippen LogP contribution is 2.21. The summed E-state index contributed by atoms with van der Waals surface area (Å²) in [7, 11) is 0. The fourth-order valence-electron chi connectivity index (χ4n) is 2.77. The molecule has 162 valence electrons. The van der Waals surface area contributed by atoms with Crippen molar-refractivity contribution in [2.24, 2.45) is 0 Å². The number of hydrogen-bond donors (Lipinski definition) is 1. The predicted molar refractivity (Wildman–Crippen MR) is 116 cm³/mol. The number of hydrogen-bond acceptors (Lipinski definition) is 3. The molecule has 0 aliphatic carbocycles. The van der Waals surface area contributed by atoms with E-state index in [2.05, 4.69) is 5.32 Å². The van der Waals surface area contributed by atoms with Crippen molar-refractivity contribution in [3.05, 3.63) is 64.4 Å². The summed E-state index contributed by atoms with van der Waals surface area (Å²) >= 11 is 6.02. The third-order valence-electron chi connectivity index (χ3n) is 4.93. The average molecular weight is 435 g/mol. The lowest BCUT2D eigenvalue weighted by atomic mass is 10.1. The average Bonchev–Trinajstić information content (AvgIpc) is 2.73. The van der Waals surface area contributed by atoms with Gasteiger partial charge in [-0.1, -0.05) is 30.7 Å². The van der Waals surface area contributed by atoms with Crippen LogP contribution in [0.3, 0.4) is 0 Å². The second kappa shape index (κ2) is 11.0. The summed E-state index contributed by atoms with van der Waals surface area (Å²) in [5.41, 5.74) is 1.56. The molecule has 0 radical (unpaired) electrons. The molecule has 0 aromatic heterocycles. The molecule has 7 heteroatoms. The van der Waals surface area contributed by atoms with Gasteiger partial charge < -0.3 is 15.0 Å². The normalized spacial score (nSPS) is 12.7. The molecule has 0 unspecified atom stereocenters. The molecule has 0 bridgehead atoms. The van der Waals surface area contributed by atoms with Gasteiger partial charge in [-0.3, -0.25) is 9.59 Å². The second-order valence-electron chi connectivity index (χ2n) is 7.34. The van der Waals surface area contributed by atoms with Crippen molar-refractivity contribution in [1.82, 2.24) is 10.2 Å². The van der Waals surface area contributed by atoms with Gasteiger partial charge in [-0.25, -0.2) is 4.39 Å². The van der Waals surface area contributed by atoms with Crippen LogP contribution in [0.15, 0.2) is 42.5 Å². The molecule has 0 spiro atoms. The molecule has 2 amide bonds. The van der Waals surface area contributed by atoms with E-state index >= 15 is 0 Å². The summed E-state index contributed by atoms with van der Waals surface area (Å²) in [4.78, 5) is 27.0. The van der Waals surface area contributed by atoms with E-state index in [0.29, 0.717) is 10.8 Å². The van der Waals surface area contributed by atoms with Crippen LogP contribution in [-0.2, 0) is 16.1 Å². The first kappa shape index (κ1) is 23.7. The van der Waals surface area contributed by atoms with E-state index < -0.39 is 6.04 Å². The van der Waals surface area contributed by atoms with E-state index in [-0.39, 0.29) is 36.8 Å².